The number of benzene rings is 2. The Morgan fingerprint density at radius 3 is 2.44 bits per heavy atom. The number of ether oxygens (including phenoxy) is 2. The van der Waals surface area contributed by atoms with Crippen LogP contribution in [0.3, 0.4) is 0 Å². The highest BCUT2D eigenvalue weighted by molar-refractivity contribution is 14.0. The predicted octanol–water partition coefficient (Wildman–Crippen LogP) is 4.36. The molecule has 1 amide bonds. The second-order valence-electron chi connectivity index (χ2n) is 7.06. The van der Waals surface area contributed by atoms with Gasteiger partial charge in [0.2, 0.25) is 5.91 Å². The highest BCUT2D eigenvalue weighted by Gasteiger charge is 2.05. The number of carbonyl (C=O) groups excluding carboxylic acids is 1. The van der Waals surface area contributed by atoms with Gasteiger partial charge in [-0.15, -0.1) is 24.0 Å². The summed E-state index contributed by atoms with van der Waals surface area (Å²) < 4.78 is 10.7. The molecule has 32 heavy (non-hydrogen) atoms. The van der Waals surface area contributed by atoms with Crippen LogP contribution in [0.5, 0.6) is 11.5 Å². The molecule has 0 unspecified atom stereocenters. The molecule has 0 bridgehead atoms. The molecule has 8 heteroatoms. The fourth-order valence-corrected chi connectivity index (χ4v) is 3.07. The van der Waals surface area contributed by atoms with E-state index in [1.807, 2.05) is 56.3 Å². The maximum atomic E-state index is 11.8. The first kappa shape index (κ1) is 27.5. The van der Waals surface area contributed by atoms with E-state index in [4.69, 9.17) is 9.47 Å². The molecular formula is C24H35IN4O3. The van der Waals surface area contributed by atoms with Gasteiger partial charge < -0.3 is 25.4 Å². The van der Waals surface area contributed by atoms with E-state index in [0.29, 0.717) is 13.0 Å². The van der Waals surface area contributed by atoms with Crippen molar-refractivity contribution in [2.75, 3.05) is 32.6 Å². The average Bonchev–Trinajstić information content (AvgIpc) is 2.77. The Morgan fingerprint density at radius 1 is 0.969 bits per heavy atom. The molecule has 2 aromatic carbocycles. The number of halogens is 1. The second kappa shape index (κ2) is 15.3. The Labute approximate surface area is 208 Å². The number of hydrogen-bond donors (Lipinski definition) is 3. The Balaban J connectivity index is 0.00000512. The number of nitrogens with zero attached hydrogens (tertiary/aromatic N) is 1. The molecule has 0 saturated carbocycles. The van der Waals surface area contributed by atoms with E-state index in [-0.39, 0.29) is 29.9 Å². The minimum absolute atomic E-state index is 0. The molecular weight excluding hydrogens is 519 g/mol. The normalized spacial score (nSPS) is 10.7. The summed E-state index contributed by atoms with van der Waals surface area (Å²) >= 11 is 0. The molecule has 0 aliphatic rings. The smallest absolute Gasteiger partial charge is 0.224 e. The van der Waals surface area contributed by atoms with E-state index in [9.17, 15) is 4.79 Å². The van der Waals surface area contributed by atoms with Gasteiger partial charge in [0.1, 0.15) is 0 Å². The van der Waals surface area contributed by atoms with Gasteiger partial charge in [-0.2, -0.15) is 0 Å². The molecule has 0 fully saturated rings. The number of hydrogen-bond acceptors (Lipinski definition) is 4. The van der Waals surface area contributed by atoms with Crippen molar-refractivity contribution in [3.8, 4) is 11.5 Å². The molecule has 2 rings (SSSR count). The summed E-state index contributed by atoms with van der Waals surface area (Å²) in [5.41, 5.74) is 2.99. The number of guanidine groups is 1. The number of aliphatic imine (C=N–C) groups is 1. The van der Waals surface area contributed by atoms with Crippen LogP contribution in [0.25, 0.3) is 0 Å². The second-order valence-corrected chi connectivity index (χ2v) is 7.06. The summed E-state index contributed by atoms with van der Waals surface area (Å²) in [6, 6.07) is 13.7. The third-order valence-electron chi connectivity index (χ3n) is 4.61. The van der Waals surface area contributed by atoms with Crippen molar-refractivity contribution in [1.29, 1.82) is 0 Å². The molecule has 0 atom stereocenters. The van der Waals surface area contributed by atoms with Crippen molar-refractivity contribution < 1.29 is 14.3 Å². The van der Waals surface area contributed by atoms with Gasteiger partial charge in [-0.05, 0) is 55.2 Å². The zero-order chi connectivity index (χ0) is 22.5. The van der Waals surface area contributed by atoms with Crippen LogP contribution in [0.2, 0.25) is 0 Å². The Morgan fingerprint density at radius 2 is 1.75 bits per heavy atom. The highest BCUT2D eigenvalue weighted by atomic mass is 127. The van der Waals surface area contributed by atoms with Crippen LogP contribution in [0.1, 0.15) is 37.8 Å². The van der Waals surface area contributed by atoms with Crippen molar-refractivity contribution >= 4 is 41.5 Å². The van der Waals surface area contributed by atoms with Gasteiger partial charge in [-0.1, -0.05) is 25.1 Å². The number of methoxy groups -OCH3 is 2. The van der Waals surface area contributed by atoms with Crippen molar-refractivity contribution in [2.24, 2.45) is 4.99 Å². The zero-order valence-electron chi connectivity index (χ0n) is 19.4. The van der Waals surface area contributed by atoms with Gasteiger partial charge in [-0.3, -0.25) is 4.79 Å². The molecule has 0 spiro atoms. The number of nitrogens with one attached hydrogen (secondary N) is 3. The van der Waals surface area contributed by atoms with Crippen molar-refractivity contribution in [3.63, 3.8) is 0 Å². The minimum atomic E-state index is 0. The van der Waals surface area contributed by atoms with Crippen LogP contribution in [0.4, 0.5) is 5.69 Å². The molecule has 2 aromatic rings. The molecule has 0 aromatic heterocycles. The molecule has 0 radical (unpaired) electrons. The monoisotopic (exact) mass is 554 g/mol. The predicted molar refractivity (Wildman–Crippen MR) is 141 cm³/mol. The first-order valence-electron chi connectivity index (χ1n) is 10.7. The van der Waals surface area contributed by atoms with Gasteiger partial charge in [0.15, 0.2) is 17.5 Å². The molecule has 0 saturated heterocycles. The third-order valence-corrected chi connectivity index (χ3v) is 4.61. The van der Waals surface area contributed by atoms with Gasteiger partial charge in [0.05, 0.1) is 20.8 Å². The van der Waals surface area contributed by atoms with Crippen LogP contribution >= 0.6 is 24.0 Å². The van der Waals surface area contributed by atoms with Crippen molar-refractivity contribution in [1.82, 2.24) is 10.6 Å². The SMILES string of the molecule is CCCC(=O)Nc1cccc(CN=C(NCC)NCCc2ccc(OC)c(OC)c2)c1.I. The average molecular weight is 554 g/mol. The highest BCUT2D eigenvalue weighted by Crippen LogP contribution is 2.27. The number of anilines is 1. The topological polar surface area (TPSA) is 84.0 Å². The van der Waals surface area contributed by atoms with Crippen LogP contribution in [-0.2, 0) is 17.8 Å². The zero-order valence-corrected chi connectivity index (χ0v) is 21.7. The van der Waals surface area contributed by atoms with E-state index in [1.54, 1.807) is 14.2 Å². The summed E-state index contributed by atoms with van der Waals surface area (Å²) in [7, 11) is 3.27. The standard InChI is InChI=1S/C24H34N4O3.HI/c1-5-8-23(29)28-20-10-7-9-19(15-20)17-27-24(25-6-2)26-14-13-18-11-12-21(30-3)22(16-18)31-4;/h7,9-12,15-16H,5-6,8,13-14,17H2,1-4H3,(H,28,29)(H2,25,26,27);1H. The molecule has 0 heterocycles. The van der Waals surface area contributed by atoms with E-state index in [1.165, 1.54) is 0 Å². The fourth-order valence-electron chi connectivity index (χ4n) is 3.07. The van der Waals surface area contributed by atoms with E-state index in [0.717, 1.165) is 60.2 Å². The van der Waals surface area contributed by atoms with Gasteiger partial charge >= 0.3 is 0 Å². The van der Waals surface area contributed by atoms with Crippen molar-refractivity contribution in [2.45, 2.75) is 39.7 Å². The minimum Gasteiger partial charge on any atom is -0.493 e. The lowest BCUT2D eigenvalue weighted by molar-refractivity contribution is -0.116. The summed E-state index contributed by atoms with van der Waals surface area (Å²) in [4.78, 5) is 16.5. The summed E-state index contributed by atoms with van der Waals surface area (Å²) in [5.74, 6) is 2.24. The third kappa shape index (κ3) is 9.33. The molecule has 0 aliphatic heterocycles. The lowest BCUT2D eigenvalue weighted by Crippen LogP contribution is -2.38. The maximum absolute atomic E-state index is 11.8. The van der Waals surface area contributed by atoms with E-state index >= 15 is 0 Å². The first-order valence-corrected chi connectivity index (χ1v) is 10.7. The van der Waals surface area contributed by atoms with Crippen LogP contribution < -0.4 is 25.4 Å². The Kier molecular flexibility index (Phi) is 13.2. The summed E-state index contributed by atoms with van der Waals surface area (Å²) in [5, 5.41) is 9.56. The van der Waals surface area contributed by atoms with E-state index in [2.05, 4.69) is 20.9 Å². The molecule has 176 valence electrons. The van der Waals surface area contributed by atoms with Crippen LogP contribution in [-0.4, -0.2) is 39.2 Å². The number of carbonyl (C=O) groups is 1. The lowest BCUT2D eigenvalue weighted by atomic mass is 10.1. The maximum Gasteiger partial charge on any atom is 0.224 e. The van der Waals surface area contributed by atoms with E-state index < -0.39 is 0 Å². The van der Waals surface area contributed by atoms with Gasteiger partial charge in [0.25, 0.3) is 0 Å². The lowest BCUT2D eigenvalue weighted by Gasteiger charge is -2.13. The summed E-state index contributed by atoms with van der Waals surface area (Å²) in [6.45, 7) is 6.05. The molecule has 0 aliphatic carbocycles. The van der Waals surface area contributed by atoms with Crippen LogP contribution in [0, 0.1) is 0 Å². The molecule has 3 N–H and O–H groups in total. The van der Waals surface area contributed by atoms with Crippen molar-refractivity contribution in [3.05, 3.63) is 53.6 Å². The Bertz CT molecular complexity index is 874. The quantitative estimate of drug-likeness (QED) is 0.219. The fraction of sp³-hybridized carbons (Fsp3) is 0.417. The number of amides is 1. The Hall–Kier alpha value is -2.49. The number of rotatable bonds is 11. The van der Waals surface area contributed by atoms with Crippen LogP contribution in [0.15, 0.2) is 47.5 Å². The largest absolute Gasteiger partial charge is 0.493 e. The first-order chi connectivity index (χ1) is 15.1. The van der Waals surface area contributed by atoms with Gasteiger partial charge in [0, 0.05) is 25.2 Å². The van der Waals surface area contributed by atoms with Gasteiger partial charge in [-0.25, -0.2) is 4.99 Å². The molecule has 7 nitrogen and oxygen atoms in total. The summed E-state index contributed by atoms with van der Waals surface area (Å²) in [6.07, 6.45) is 2.18.